The van der Waals surface area contributed by atoms with E-state index in [-0.39, 0.29) is 0 Å². The second kappa shape index (κ2) is 19.5. The van der Waals surface area contributed by atoms with E-state index < -0.39 is 5.41 Å². The van der Waals surface area contributed by atoms with Gasteiger partial charge in [-0.1, -0.05) is 249 Å². The normalized spacial score (nSPS) is 12.3. The first-order valence-electron chi connectivity index (χ1n) is 27.3. The molecule has 0 atom stereocenters. The van der Waals surface area contributed by atoms with Crippen LogP contribution in [0.3, 0.4) is 0 Å². The first kappa shape index (κ1) is 46.7. The number of rotatable bonds is 10. The third kappa shape index (κ3) is 7.96. The zero-order valence-corrected chi connectivity index (χ0v) is 43.7. The van der Waals surface area contributed by atoms with E-state index in [0.717, 1.165) is 77.4 Å². The quantitative estimate of drug-likeness (QED) is 0.137. The van der Waals surface area contributed by atoms with Crippen LogP contribution in [0.2, 0.25) is 0 Å². The van der Waals surface area contributed by atoms with Gasteiger partial charge in [-0.05, 0) is 144 Å². The lowest BCUT2D eigenvalue weighted by Gasteiger charge is -2.34. The summed E-state index contributed by atoms with van der Waals surface area (Å²) in [6.07, 6.45) is 0. The van der Waals surface area contributed by atoms with Crippen molar-refractivity contribution in [2.45, 2.75) is 5.41 Å². The summed E-state index contributed by atoms with van der Waals surface area (Å²) in [4.78, 5) is 16.6. The molecule has 15 rings (SSSR count). The second-order valence-corrected chi connectivity index (χ2v) is 20.7. The van der Waals surface area contributed by atoms with Crippen molar-refractivity contribution in [1.29, 1.82) is 0 Å². The van der Waals surface area contributed by atoms with Crippen LogP contribution >= 0.6 is 0 Å². The number of benzene rings is 12. The summed E-state index contributed by atoms with van der Waals surface area (Å²) in [7, 11) is 0. The van der Waals surface area contributed by atoms with Crippen LogP contribution in [0, 0.1) is 0 Å². The van der Waals surface area contributed by atoms with E-state index in [1.165, 1.54) is 44.5 Å². The lowest BCUT2D eigenvalue weighted by Crippen LogP contribution is -2.28. The lowest BCUT2D eigenvalue weighted by atomic mass is 9.67. The molecule has 0 N–H and O–H groups in total. The summed E-state index contributed by atoms with van der Waals surface area (Å²) < 4.78 is 2.30. The molecule has 0 fully saturated rings. The molecule has 0 saturated carbocycles. The van der Waals surface area contributed by atoms with Gasteiger partial charge in [0, 0.05) is 21.9 Å². The molecule has 4 nitrogen and oxygen atoms in total. The molecule has 12 aromatic carbocycles. The number of fused-ring (bicyclic) bond motifs is 6. The van der Waals surface area contributed by atoms with Crippen LogP contribution in [-0.4, -0.2) is 19.5 Å². The Balaban J connectivity index is 1.03. The molecule has 2 aromatic heterocycles. The molecule has 374 valence electrons. The summed E-state index contributed by atoms with van der Waals surface area (Å²) in [5.74, 6) is 1.70. The van der Waals surface area contributed by atoms with E-state index in [4.69, 9.17) is 15.0 Å². The molecule has 1 aliphatic carbocycles. The van der Waals surface area contributed by atoms with Crippen LogP contribution in [0.4, 0.5) is 0 Å². The van der Waals surface area contributed by atoms with Gasteiger partial charge < -0.3 is 0 Å². The summed E-state index contributed by atoms with van der Waals surface area (Å²) in [5.41, 5.74) is 21.8. The minimum absolute atomic E-state index is 0.533. The number of hydrogen-bond donors (Lipinski definition) is 0. The lowest BCUT2D eigenvalue weighted by molar-refractivity contribution is 0.769. The molecule has 0 amide bonds. The van der Waals surface area contributed by atoms with Gasteiger partial charge in [-0.2, -0.15) is 9.97 Å². The summed E-state index contributed by atoms with van der Waals surface area (Å²) >= 11 is 0. The van der Waals surface area contributed by atoms with Gasteiger partial charge in [0.2, 0.25) is 5.95 Å². The average Bonchev–Trinajstić information content (AvgIpc) is 4.20. The number of aromatic nitrogens is 4. The molecule has 0 aliphatic heterocycles. The number of nitrogens with zero attached hydrogens (tertiary/aromatic N) is 4. The van der Waals surface area contributed by atoms with Gasteiger partial charge in [0.15, 0.2) is 11.6 Å². The predicted octanol–water partition coefficient (Wildman–Crippen LogP) is 19.0. The minimum atomic E-state index is -0.633. The monoisotopic (exact) mass is 1020 g/mol. The first-order chi connectivity index (χ1) is 39.6. The van der Waals surface area contributed by atoms with E-state index >= 15 is 0 Å². The highest BCUT2D eigenvalue weighted by Gasteiger charge is 2.46. The van der Waals surface area contributed by atoms with Gasteiger partial charge in [0.1, 0.15) is 0 Å². The first-order valence-corrected chi connectivity index (χ1v) is 27.3. The SMILES string of the molecule is c1ccc(-c2cc(-c3ccccc3)cc(-c3ccc4c(c3)c3cc5c(cc3n4-c3nc(-c4cccc(-c6ccccc6)c4)nc(-c4cccc(-c6ccccc6)c4)n3)C(c3ccccc3)(c3ccccc3)c3ccccc3-5)c2)cc1. The van der Waals surface area contributed by atoms with Crippen molar-refractivity contribution in [1.82, 2.24) is 19.5 Å². The second-order valence-electron chi connectivity index (χ2n) is 20.7. The van der Waals surface area contributed by atoms with Gasteiger partial charge in [-0.15, -0.1) is 0 Å². The van der Waals surface area contributed by atoms with Gasteiger partial charge in [-0.3, -0.25) is 4.57 Å². The summed E-state index contributed by atoms with van der Waals surface area (Å²) in [6, 6.07) is 109. The maximum atomic E-state index is 5.58. The smallest absolute Gasteiger partial charge is 0.238 e. The largest absolute Gasteiger partial charge is 0.278 e. The van der Waals surface area contributed by atoms with Crippen molar-refractivity contribution in [3.05, 3.63) is 326 Å². The zero-order chi connectivity index (χ0) is 53.0. The summed E-state index contributed by atoms with van der Waals surface area (Å²) in [5, 5.41) is 2.21. The molecule has 0 radical (unpaired) electrons. The Morgan fingerprint density at radius 2 is 0.625 bits per heavy atom. The van der Waals surface area contributed by atoms with Crippen molar-refractivity contribution in [2.24, 2.45) is 0 Å². The Morgan fingerprint density at radius 3 is 1.14 bits per heavy atom. The molecule has 2 heterocycles. The highest BCUT2D eigenvalue weighted by atomic mass is 15.2. The van der Waals surface area contributed by atoms with E-state index in [0.29, 0.717) is 17.6 Å². The molecule has 4 heteroatoms. The molecule has 0 bridgehead atoms. The van der Waals surface area contributed by atoms with Crippen molar-refractivity contribution in [3.63, 3.8) is 0 Å². The standard InChI is InChI=1S/C76H50N4/c1-7-23-51(24-8-1)55-31-21-33-58(43-55)73-77-74(59-34-22-32-56(44-59)52-25-9-2-10-26-52)79-75(78-73)80-71-42-41-57(62-46-60(53-27-11-3-12-28-53)45-61(47-62)54-29-13-4-14-30-54)48-67(71)68-49-66-65-39-19-20-40-69(65)76(70(66)50-72(68)80,63-35-15-5-16-36-63)64-37-17-6-18-38-64/h1-50H. The van der Waals surface area contributed by atoms with Crippen molar-refractivity contribution in [3.8, 4) is 95.5 Å². The average molecular weight is 1020 g/mol. The van der Waals surface area contributed by atoms with Gasteiger partial charge >= 0.3 is 0 Å². The highest BCUT2D eigenvalue weighted by molar-refractivity contribution is 6.13. The van der Waals surface area contributed by atoms with Crippen LogP contribution in [0.5, 0.6) is 0 Å². The molecule has 14 aromatic rings. The van der Waals surface area contributed by atoms with Crippen molar-refractivity contribution < 1.29 is 0 Å². The fraction of sp³-hybridized carbons (Fsp3) is 0.0132. The maximum Gasteiger partial charge on any atom is 0.238 e. The van der Waals surface area contributed by atoms with Crippen LogP contribution in [-0.2, 0) is 5.41 Å². The fourth-order valence-electron chi connectivity index (χ4n) is 12.4. The predicted molar refractivity (Wildman–Crippen MR) is 330 cm³/mol. The molecule has 0 unspecified atom stereocenters. The Kier molecular flexibility index (Phi) is 11.4. The Labute approximate surface area is 465 Å². The molecular formula is C76H50N4. The van der Waals surface area contributed by atoms with Crippen LogP contribution < -0.4 is 0 Å². The Bertz CT molecular complexity index is 4410. The van der Waals surface area contributed by atoms with Crippen molar-refractivity contribution in [2.75, 3.05) is 0 Å². The van der Waals surface area contributed by atoms with Crippen LogP contribution in [0.1, 0.15) is 22.3 Å². The summed E-state index contributed by atoms with van der Waals surface area (Å²) in [6.45, 7) is 0. The van der Waals surface area contributed by atoms with Gasteiger partial charge in [-0.25, -0.2) is 4.98 Å². The van der Waals surface area contributed by atoms with Gasteiger partial charge in [0.05, 0.1) is 16.4 Å². The molecule has 0 saturated heterocycles. The van der Waals surface area contributed by atoms with E-state index in [1.807, 2.05) is 0 Å². The third-order valence-electron chi connectivity index (χ3n) is 16.1. The molecule has 1 aliphatic rings. The topological polar surface area (TPSA) is 43.6 Å². The van der Waals surface area contributed by atoms with E-state index in [1.54, 1.807) is 0 Å². The van der Waals surface area contributed by atoms with E-state index in [9.17, 15) is 0 Å². The van der Waals surface area contributed by atoms with Crippen LogP contribution in [0.15, 0.2) is 303 Å². The molecule has 0 spiro atoms. The highest BCUT2D eigenvalue weighted by Crippen LogP contribution is 2.57. The Morgan fingerprint density at radius 1 is 0.237 bits per heavy atom. The Hall–Kier alpha value is -10.6. The zero-order valence-electron chi connectivity index (χ0n) is 43.7. The van der Waals surface area contributed by atoms with Gasteiger partial charge in [0.25, 0.3) is 0 Å². The van der Waals surface area contributed by atoms with Crippen LogP contribution in [0.25, 0.3) is 117 Å². The molecular weight excluding hydrogens is 969 g/mol. The minimum Gasteiger partial charge on any atom is -0.278 e. The van der Waals surface area contributed by atoms with E-state index in [2.05, 4.69) is 308 Å². The third-order valence-corrected chi connectivity index (χ3v) is 16.1. The maximum absolute atomic E-state index is 5.58. The number of hydrogen-bond acceptors (Lipinski definition) is 3. The molecule has 80 heavy (non-hydrogen) atoms. The van der Waals surface area contributed by atoms with Crippen molar-refractivity contribution >= 4 is 21.8 Å². The fourth-order valence-corrected chi connectivity index (χ4v) is 12.4.